The Balaban J connectivity index is 1.44. The van der Waals surface area contributed by atoms with Crippen LogP contribution >= 0.6 is 0 Å². The highest BCUT2D eigenvalue weighted by Gasteiger charge is 2.38. The normalized spacial score (nSPS) is 14.6. The van der Waals surface area contributed by atoms with Crippen LogP contribution in [0.2, 0.25) is 0 Å². The second-order valence-electron chi connectivity index (χ2n) is 7.28. The lowest BCUT2D eigenvalue weighted by Crippen LogP contribution is -2.09. The smallest absolute Gasteiger partial charge is 0.417 e. The van der Waals surface area contributed by atoms with Gasteiger partial charge in [0.15, 0.2) is 5.69 Å². The maximum atomic E-state index is 13.0. The molecule has 0 amide bonds. The minimum absolute atomic E-state index is 0.0122. The van der Waals surface area contributed by atoms with E-state index < -0.39 is 11.9 Å². The highest BCUT2D eigenvalue weighted by Crippen LogP contribution is 2.42. The van der Waals surface area contributed by atoms with Gasteiger partial charge in [0.1, 0.15) is 12.2 Å². The molecule has 3 heterocycles. The molecule has 1 fully saturated rings. The highest BCUT2D eigenvalue weighted by molar-refractivity contribution is 5.81. The van der Waals surface area contributed by atoms with E-state index in [4.69, 9.17) is 4.42 Å². The van der Waals surface area contributed by atoms with Crippen LogP contribution in [0.25, 0.3) is 22.5 Å². The molecule has 0 bridgehead atoms. The Morgan fingerprint density at radius 3 is 2.69 bits per heavy atom. The van der Waals surface area contributed by atoms with Crippen LogP contribution in [0.3, 0.4) is 0 Å². The van der Waals surface area contributed by atoms with Crippen molar-refractivity contribution in [3.63, 3.8) is 0 Å². The molecule has 4 aromatic rings. The first-order valence-corrected chi connectivity index (χ1v) is 9.22. The van der Waals surface area contributed by atoms with Crippen LogP contribution in [-0.4, -0.2) is 25.0 Å². The Labute approximate surface area is 163 Å². The van der Waals surface area contributed by atoms with Crippen molar-refractivity contribution >= 4 is 10.9 Å². The summed E-state index contributed by atoms with van der Waals surface area (Å²) >= 11 is 0. The summed E-state index contributed by atoms with van der Waals surface area (Å²) in [4.78, 5) is 4.53. The van der Waals surface area contributed by atoms with Gasteiger partial charge in [-0.05, 0) is 44.0 Å². The van der Waals surface area contributed by atoms with Crippen molar-refractivity contribution in [2.45, 2.75) is 38.4 Å². The van der Waals surface area contributed by atoms with Crippen molar-refractivity contribution in [1.29, 1.82) is 0 Å². The molecule has 1 aromatic carbocycles. The Bertz CT molecular complexity index is 1210. The fourth-order valence-corrected chi connectivity index (χ4v) is 3.32. The fourth-order valence-electron chi connectivity index (χ4n) is 3.32. The number of benzene rings is 1. The van der Waals surface area contributed by atoms with E-state index in [0.29, 0.717) is 11.4 Å². The average Bonchev–Trinajstić information content (AvgIpc) is 3.25. The predicted molar refractivity (Wildman–Crippen MR) is 98.1 cm³/mol. The van der Waals surface area contributed by atoms with Gasteiger partial charge in [-0.2, -0.15) is 18.3 Å². The fraction of sp³-hybridized carbons (Fsp3) is 0.300. The van der Waals surface area contributed by atoms with Crippen molar-refractivity contribution < 1.29 is 17.6 Å². The second kappa shape index (κ2) is 6.40. The zero-order chi connectivity index (χ0) is 20.2. The average molecular weight is 399 g/mol. The number of hydrogen-bond donors (Lipinski definition) is 0. The summed E-state index contributed by atoms with van der Waals surface area (Å²) < 4.78 is 46.1. The minimum atomic E-state index is -4.48. The lowest BCUT2D eigenvalue weighted by molar-refractivity contribution is -0.141. The molecule has 1 aliphatic carbocycles. The standard InChI is InChI=1S/C20H16F3N5O/c1-11-2-6-14-13(8-11)5-7-15(24-14)19-26-25-18(29-19)10-28-16(12-3-4-12)9-17(27-28)20(21,22)23/h2,5-9,12H,3-4,10H2,1H3. The minimum Gasteiger partial charge on any atom is -0.417 e. The molecule has 0 radical (unpaired) electrons. The number of aryl methyl sites for hydroxylation is 1. The van der Waals surface area contributed by atoms with Gasteiger partial charge in [0.05, 0.1) is 5.52 Å². The van der Waals surface area contributed by atoms with Crippen LogP contribution in [0.5, 0.6) is 0 Å². The predicted octanol–water partition coefficient (Wildman–Crippen LogP) is 4.73. The summed E-state index contributed by atoms with van der Waals surface area (Å²) in [6, 6.07) is 10.7. The van der Waals surface area contributed by atoms with Crippen molar-refractivity contribution in [3.05, 3.63) is 59.2 Å². The van der Waals surface area contributed by atoms with Crippen LogP contribution in [-0.2, 0) is 12.7 Å². The lowest BCUT2D eigenvalue weighted by atomic mass is 10.1. The molecule has 0 spiro atoms. The first kappa shape index (κ1) is 17.8. The summed E-state index contributed by atoms with van der Waals surface area (Å²) in [5.41, 5.74) is 2.10. The topological polar surface area (TPSA) is 69.6 Å². The second-order valence-corrected chi connectivity index (χ2v) is 7.28. The van der Waals surface area contributed by atoms with Gasteiger partial charge >= 0.3 is 6.18 Å². The van der Waals surface area contributed by atoms with E-state index >= 15 is 0 Å². The largest absolute Gasteiger partial charge is 0.435 e. The Morgan fingerprint density at radius 2 is 1.93 bits per heavy atom. The summed E-state index contributed by atoms with van der Waals surface area (Å²) in [6.45, 7) is 1.99. The van der Waals surface area contributed by atoms with E-state index in [1.54, 1.807) is 6.07 Å². The van der Waals surface area contributed by atoms with Crippen molar-refractivity contribution in [2.24, 2.45) is 0 Å². The zero-order valence-electron chi connectivity index (χ0n) is 15.4. The number of halogens is 3. The molecular weight excluding hydrogens is 383 g/mol. The molecule has 0 aliphatic heterocycles. The van der Waals surface area contributed by atoms with Crippen LogP contribution in [0.1, 0.15) is 41.6 Å². The van der Waals surface area contributed by atoms with Gasteiger partial charge in [0, 0.05) is 17.0 Å². The van der Waals surface area contributed by atoms with Gasteiger partial charge in [-0.25, -0.2) is 4.98 Å². The summed E-state index contributed by atoms with van der Waals surface area (Å²) in [5, 5.41) is 12.7. The van der Waals surface area contributed by atoms with Crippen LogP contribution < -0.4 is 0 Å². The lowest BCUT2D eigenvalue weighted by Gasteiger charge is -2.03. The van der Waals surface area contributed by atoms with Gasteiger partial charge in [-0.1, -0.05) is 17.7 Å². The Morgan fingerprint density at radius 1 is 1.10 bits per heavy atom. The van der Waals surface area contributed by atoms with E-state index in [1.807, 2.05) is 31.2 Å². The SMILES string of the molecule is Cc1ccc2nc(-c3nnc(Cn4nc(C(F)(F)F)cc4C4CC4)o3)ccc2c1. The van der Waals surface area contributed by atoms with E-state index in [-0.39, 0.29) is 24.2 Å². The van der Waals surface area contributed by atoms with Crippen LogP contribution in [0, 0.1) is 6.92 Å². The van der Waals surface area contributed by atoms with E-state index in [9.17, 15) is 13.2 Å². The molecular formula is C20H16F3N5O. The quantitative estimate of drug-likeness (QED) is 0.496. The van der Waals surface area contributed by atoms with Gasteiger partial charge in [-0.15, -0.1) is 10.2 Å². The van der Waals surface area contributed by atoms with Gasteiger partial charge in [-0.3, -0.25) is 4.68 Å². The maximum absolute atomic E-state index is 13.0. The molecule has 0 N–H and O–H groups in total. The maximum Gasteiger partial charge on any atom is 0.435 e. The first-order valence-electron chi connectivity index (χ1n) is 9.22. The third kappa shape index (κ3) is 3.48. The number of nitrogens with zero attached hydrogens (tertiary/aromatic N) is 5. The number of pyridine rings is 1. The molecule has 1 saturated carbocycles. The third-order valence-electron chi connectivity index (χ3n) is 4.91. The molecule has 1 aliphatic rings. The Hall–Kier alpha value is -3.23. The van der Waals surface area contributed by atoms with Crippen LogP contribution in [0.4, 0.5) is 13.2 Å². The van der Waals surface area contributed by atoms with Gasteiger partial charge in [0.25, 0.3) is 5.89 Å². The number of fused-ring (bicyclic) bond motifs is 1. The highest BCUT2D eigenvalue weighted by atomic mass is 19.4. The molecule has 0 atom stereocenters. The third-order valence-corrected chi connectivity index (χ3v) is 4.91. The molecule has 3 aromatic heterocycles. The van der Waals surface area contributed by atoms with Crippen molar-refractivity contribution in [2.75, 3.05) is 0 Å². The van der Waals surface area contributed by atoms with E-state index in [2.05, 4.69) is 20.3 Å². The number of alkyl halides is 3. The Kier molecular flexibility index (Phi) is 3.94. The van der Waals surface area contributed by atoms with E-state index in [1.165, 1.54) is 4.68 Å². The summed E-state index contributed by atoms with van der Waals surface area (Å²) in [6.07, 6.45) is -2.76. The molecule has 0 unspecified atom stereocenters. The molecule has 148 valence electrons. The first-order chi connectivity index (χ1) is 13.9. The molecule has 5 rings (SSSR count). The summed E-state index contributed by atoms with van der Waals surface area (Å²) in [5.74, 6) is 0.509. The van der Waals surface area contributed by atoms with E-state index in [0.717, 1.165) is 35.4 Å². The van der Waals surface area contributed by atoms with Gasteiger partial charge < -0.3 is 4.42 Å². The zero-order valence-corrected chi connectivity index (χ0v) is 15.4. The summed E-state index contributed by atoms with van der Waals surface area (Å²) in [7, 11) is 0. The van der Waals surface area contributed by atoms with Crippen molar-refractivity contribution in [1.82, 2.24) is 25.0 Å². The van der Waals surface area contributed by atoms with Crippen LogP contribution in [0.15, 0.2) is 40.8 Å². The number of aromatic nitrogens is 5. The van der Waals surface area contributed by atoms with Crippen molar-refractivity contribution in [3.8, 4) is 11.6 Å². The molecule has 0 saturated heterocycles. The van der Waals surface area contributed by atoms with Gasteiger partial charge in [0.2, 0.25) is 5.89 Å². The number of rotatable bonds is 4. The monoisotopic (exact) mass is 399 g/mol. The molecule has 6 nitrogen and oxygen atoms in total. The molecule has 9 heteroatoms. The molecule has 29 heavy (non-hydrogen) atoms. The number of hydrogen-bond acceptors (Lipinski definition) is 5.